The standard InChI is InChI=1S/C10H16O4/c1-3-4-5-6-9(11)14-7-8(2)10(12)13/h7H,3-6H2,1-2H3,(H,12,13). The maximum absolute atomic E-state index is 11.0. The highest BCUT2D eigenvalue weighted by molar-refractivity contribution is 5.85. The highest BCUT2D eigenvalue weighted by atomic mass is 16.5. The van der Waals surface area contributed by atoms with E-state index >= 15 is 0 Å². The van der Waals surface area contributed by atoms with E-state index in [9.17, 15) is 9.59 Å². The number of unbranched alkanes of at least 4 members (excludes halogenated alkanes) is 2. The molecule has 0 atom stereocenters. The summed E-state index contributed by atoms with van der Waals surface area (Å²) in [6.45, 7) is 3.42. The summed E-state index contributed by atoms with van der Waals surface area (Å²) in [4.78, 5) is 21.3. The number of ether oxygens (including phenoxy) is 1. The van der Waals surface area contributed by atoms with Crippen molar-refractivity contribution in [2.45, 2.75) is 39.5 Å². The highest BCUT2D eigenvalue weighted by Crippen LogP contribution is 2.02. The topological polar surface area (TPSA) is 63.6 Å². The molecule has 0 bridgehead atoms. The second-order valence-electron chi connectivity index (χ2n) is 3.05. The van der Waals surface area contributed by atoms with E-state index in [1.165, 1.54) is 6.92 Å². The smallest absolute Gasteiger partial charge is 0.334 e. The third kappa shape index (κ3) is 6.22. The van der Waals surface area contributed by atoms with Crippen LogP contribution >= 0.6 is 0 Å². The van der Waals surface area contributed by atoms with Crippen LogP contribution in [0.25, 0.3) is 0 Å². The Morgan fingerprint density at radius 3 is 2.50 bits per heavy atom. The van der Waals surface area contributed by atoms with Crippen molar-refractivity contribution in [2.24, 2.45) is 0 Å². The quantitative estimate of drug-likeness (QED) is 0.308. The van der Waals surface area contributed by atoms with Gasteiger partial charge in [0.2, 0.25) is 0 Å². The minimum atomic E-state index is -1.08. The van der Waals surface area contributed by atoms with Crippen LogP contribution in [0, 0.1) is 0 Å². The summed E-state index contributed by atoms with van der Waals surface area (Å²) in [6.07, 6.45) is 4.14. The average Bonchev–Trinajstić information content (AvgIpc) is 2.14. The molecule has 0 rings (SSSR count). The van der Waals surface area contributed by atoms with Crippen molar-refractivity contribution < 1.29 is 19.4 Å². The molecule has 0 unspecified atom stereocenters. The fraction of sp³-hybridized carbons (Fsp3) is 0.600. The molecule has 0 fully saturated rings. The lowest BCUT2D eigenvalue weighted by atomic mass is 10.2. The van der Waals surface area contributed by atoms with Crippen molar-refractivity contribution in [2.75, 3.05) is 0 Å². The average molecular weight is 200 g/mol. The predicted octanol–water partition coefficient (Wildman–Crippen LogP) is 2.10. The second kappa shape index (κ2) is 7.12. The number of carbonyl (C=O) groups is 2. The zero-order valence-electron chi connectivity index (χ0n) is 8.58. The van der Waals surface area contributed by atoms with E-state index in [1.807, 2.05) is 6.92 Å². The van der Waals surface area contributed by atoms with Crippen LogP contribution in [0.2, 0.25) is 0 Å². The molecular formula is C10H16O4. The van der Waals surface area contributed by atoms with Crippen LogP contribution in [0.3, 0.4) is 0 Å². The van der Waals surface area contributed by atoms with Gasteiger partial charge in [0.15, 0.2) is 0 Å². The van der Waals surface area contributed by atoms with Gasteiger partial charge in [0.1, 0.15) is 6.26 Å². The molecule has 0 aromatic carbocycles. The normalized spacial score (nSPS) is 11.1. The van der Waals surface area contributed by atoms with Crippen molar-refractivity contribution in [3.8, 4) is 0 Å². The van der Waals surface area contributed by atoms with Gasteiger partial charge in [-0.25, -0.2) is 4.79 Å². The number of carboxylic acid groups (broad SMARTS) is 1. The summed E-state index contributed by atoms with van der Waals surface area (Å²) in [5.41, 5.74) is 0.0221. The van der Waals surface area contributed by atoms with Crippen LogP contribution in [-0.4, -0.2) is 17.0 Å². The first-order valence-corrected chi connectivity index (χ1v) is 4.67. The van der Waals surface area contributed by atoms with E-state index in [0.29, 0.717) is 6.42 Å². The van der Waals surface area contributed by atoms with Crippen molar-refractivity contribution in [3.05, 3.63) is 11.8 Å². The van der Waals surface area contributed by atoms with Gasteiger partial charge in [0.05, 0.1) is 5.57 Å². The molecule has 0 aromatic rings. The van der Waals surface area contributed by atoms with Crippen LogP contribution < -0.4 is 0 Å². The Bertz CT molecular complexity index is 230. The molecule has 80 valence electrons. The summed E-state index contributed by atoms with van der Waals surface area (Å²) >= 11 is 0. The summed E-state index contributed by atoms with van der Waals surface area (Å²) < 4.78 is 4.63. The monoisotopic (exact) mass is 200 g/mol. The first-order valence-electron chi connectivity index (χ1n) is 4.67. The van der Waals surface area contributed by atoms with Gasteiger partial charge in [-0.05, 0) is 13.3 Å². The molecule has 4 heteroatoms. The lowest BCUT2D eigenvalue weighted by Gasteiger charge is -1.99. The van der Waals surface area contributed by atoms with E-state index in [0.717, 1.165) is 25.5 Å². The Balaban J connectivity index is 3.73. The van der Waals surface area contributed by atoms with Crippen LogP contribution in [0.1, 0.15) is 39.5 Å². The number of aliphatic carboxylic acids is 1. The number of carbonyl (C=O) groups excluding carboxylic acids is 1. The lowest BCUT2D eigenvalue weighted by Crippen LogP contribution is -2.02. The van der Waals surface area contributed by atoms with E-state index in [4.69, 9.17) is 5.11 Å². The zero-order valence-corrected chi connectivity index (χ0v) is 8.58. The Labute approximate surface area is 83.6 Å². The van der Waals surface area contributed by atoms with Gasteiger partial charge in [0, 0.05) is 6.42 Å². The van der Waals surface area contributed by atoms with Crippen LogP contribution in [0.4, 0.5) is 0 Å². The van der Waals surface area contributed by atoms with E-state index in [1.54, 1.807) is 0 Å². The molecule has 0 radical (unpaired) electrons. The Kier molecular flexibility index (Phi) is 6.45. The Morgan fingerprint density at radius 2 is 2.00 bits per heavy atom. The second-order valence-corrected chi connectivity index (χ2v) is 3.05. The predicted molar refractivity (Wildman–Crippen MR) is 51.6 cm³/mol. The maximum atomic E-state index is 11.0. The van der Waals surface area contributed by atoms with Crippen LogP contribution in [0.15, 0.2) is 11.8 Å². The van der Waals surface area contributed by atoms with Gasteiger partial charge in [0.25, 0.3) is 0 Å². The SMILES string of the molecule is CCCCCC(=O)OC=C(C)C(=O)O. The van der Waals surface area contributed by atoms with Gasteiger partial charge in [-0.2, -0.15) is 0 Å². The number of rotatable bonds is 6. The molecular weight excluding hydrogens is 184 g/mol. The summed E-state index contributed by atoms with van der Waals surface area (Å²) in [6, 6.07) is 0. The Hall–Kier alpha value is -1.32. The zero-order chi connectivity index (χ0) is 11.0. The molecule has 0 heterocycles. The third-order valence-electron chi connectivity index (χ3n) is 1.69. The fourth-order valence-electron chi connectivity index (χ4n) is 0.783. The third-order valence-corrected chi connectivity index (χ3v) is 1.69. The largest absolute Gasteiger partial charge is 0.478 e. The van der Waals surface area contributed by atoms with Gasteiger partial charge >= 0.3 is 11.9 Å². The van der Waals surface area contributed by atoms with E-state index in [-0.39, 0.29) is 11.5 Å². The number of hydrogen-bond donors (Lipinski definition) is 1. The lowest BCUT2D eigenvalue weighted by molar-refractivity contribution is -0.138. The Morgan fingerprint density at radius 1 is 1.36 bits per heavy atom. The number of carboxylic acids is 1. The molecule has 0 aliphatic heterocycles. The first kappa shape index (κ1) is 12.7. The van der Waals surface area contributed by atoms with Crippen molar-refractivity contribution in [1.29, 1.82) is 0 Å². The summed E-state index contributed by atoms with van der Waals surface area (Å²) in [7, 11) is 0. The van der Waals surface area contributed by atoms with Crippen molar-refractivity contribution in [1.82, 2.24) is 0 Å². The molecule has 0 aliphatic rings. The fourth-order valence-corrected chi connectivity index (χ4v) is 0.783. The van der Waals surface area contributed by atoms with Gasteiger partial charge in [-0.15, -0.1) is 0 Å². The minimum Gasteiger partial charge on any atom is -0.478 e. The molecule has 0 saturated carbocycles. The summed E-state index contributed by atoms with van der Waals surface area (Å²) in [5.74, 6) is -1.45. The van der Waals surface area contributed by atoms with Gasteiger partial charge in [-0.3, -0.25) is 4.79 Å². The maximum Gasteiger partial charge on any atom is 0.334 e. The molecule has 0 amide bonds. The highest BCUT2D eigenvalue weighted by Gasteiger charge is 2.03. The van der Waals surface area contributed by atoms with Gasteiger partial charge in [-0.1, -0.05) is 19.8 Å². The van der Waals surface area contributed by atoms with E-state index < -0.39 is 5.97 Å². The molecule has 14 heavy (non-hydrogen) atoms. The molecule has 0 aliphatic carbocycles. The molecule has 4 nitrogen and oxygen atoms in total. The molecule has 0 saturated heterocycles. The molecule has 1 N–H and O–H groups in total. The number of hydrogen-bond acceptors (Lipinski definition) is 3. The van der Waals surface area contributed by atoms with Crippen molar-refractivity contribution >= 4 is 11.9 Å². The first-order chi connectivity index (χ1) is 6.57. The van der Waals surface area contributed by atoms with Crippen LogP contribution in [-0.2, 0) is 14.3 Å². The van der Waals surface area contributed by atoms with E-state index in [2.05, 4.69) is 4.74 Å². The van der Waals surface area contributed by atoms with Crippen LogP contribution in [0.5, 0.6) is 0 Å². The van der Waals surface area contributed by atoms with Crippen molar-refractivity contribution in [3.63, 3.8) is 0 Å². The molecule has 0 aromatic heterocycles. The summed E-state index contributed by atoms with van der Waals surface area (Å²) in [5, 5.41) is 8.45. The van der Waals surface area contributed by atoms with Gasteiger partial charge < -0.3 is 9.84 Å². The minimum absolute atomic E-state index is 0.0221. The molecule has 0 spiro atoms. The number of esters is 1.